The van der Waals surface area contributed by atoms with Crippen LogP contribution in [0.1, 0.15) is 98.8 Å². The normalized spacial score (nSPS) is 17.8. The van der Waals surface area contributed by atoms with Crippen molar-refractivity contribution in [1.82, 2.24) is 21.3 Å². The van der Waals surface area contributed by atoms with Crippen molar-refractivity contribution < 1.29 is 24.0 Å². The van der Waals surface area contributed by atoms with Crippen LogP contribution in [0.25, 0.3) is 0 Å². The van der Waals surface area contributed by atoms with Gasteiger partial charge in [-0.15, -0.1) is 0 Å². The summed E-state index contributed by atoms with van der Waals surface area (Å²) < 4.78 is 0. The minimum atomic E-state index is -0.920. The molecule has 39 heavy (non-hydrogen) atoms. The summed E-state index contributed by atoms with van der Waals surface area (Å²) in [4.78, 5) is 63.7. The van der Waals surface area contributed by atoms with Crippen LogP contribution in [0.4, 0.5) is 0 Å². The van der Waals surface area contributed by atoms with E-state index in [1.165, 1.54) is 6.92 Å². The Balaban J connectivity index is 3.09. The van der Waals surface area contributed by atoms with Gasteiger partial charge in [0, 0.05) is 6.92 Å². The van der Waals surface area contributed by atoms with Gasteiger partial charge in [-0.1, -0.05) is 66.2 Å². The fourth-order valence-electron chi connectivity index (χ4n) is 5.00. The first-order valence-corrected chi connectivity index (χ1v) is 14.6. The number of carbonyl (C=O) groups excluding carboxylic acids is 5. The average Bonchev–Trinajstić information content (AvgIpc) is 2.88. The Morgan fingerprint density at radius 1 is 0.795 bits per heavy atom. The van der Waals surface area contributed by atoms with Crippen LogP contribution in [-0.4, -0.2) is 60.2 Å². The Kier molecular flexibility index (Phi) is 15.7. The molecule has 1 rings (SSSR count). The molecular weight excluding hydrogens is 500 g/mol. The monoisotopic (exact) mass is 552 g/mol. The van der Waals surface area contributed by atoms with Crippen LogP contribution in [0.15, 0.2) is 0 Å². The number of rotatable bonds is 17. The smallest absolute Gasteiger partial charge is 0.243 e. The molecule has 0 aromatic rings. The van der Waals surface area contributed by atoms with E-state index in [0.717, 1.165) is 32.1 Å². The summed E-state index contributed by atoms with van der Waals surface area (Å²) in [5, 5.41) is 11.1. The van der Waals surface area contributed by atoms with E-state index in [-0.39, 0.29) is 23.7 Å². The summed E-state index contributed by atoms with van der Waals surface area (Å²) in [5.41, 5.74) is 11.1. The molecule has 0 radical (unpaired) electrons. The van der Waals surface area contributed by atoms with E-state index in [4.69, 9.17) is 11.5 Å². The molecule has 224 valence electrons. The van der Waals surface area contributed by atoms with Crippen molar-refractivity contribution in [3.8, 4) is 0 Å². The number of primary amides is 1. The van der Waals surface area contributed by atoms with Crippen LogP contribution in [0.5, 0.6) is 0 Å². The summed E-state index contributed by atoms with van der Waals surface area (Å²) in [5.74, 6) is -2.52. The first-order valence-electron chi connectivity index (χ1n) is 14.6. The molecule has 5 amide bonds. The van der Waals surface area contributed by atoms with Crippen LogP contribution >= 0.6 is 0 Å². The van der Waals surface area contributed by atoms with Crippen molar-refractivity contribution in [3.63, 3.8) is 0 Å². The van der Waals surface area contributed by atoms with Gasteiger partial charge in [-0.2, -0.15) is 0 Å². The molecule has 0 bridgehead atoms. The molecule has 1 fully saturated rings. The van der Waals surface area contributed by atoms with Gasteiger partial charge < -0.3 is 32.7 Å². The third-order valence-electron chi connectivity index (χ3n) is 7.63. The third-order valence-corrected chi connectivity index (χ3v) is 7.63. The standard InChI is InChI=1S/C28H52N6O5/c1-6-18(4)24(31-19(5)35)28(39)34-23(17(2)3)27(38)33-22(16-20-12-8-7-9-13-20)26(37)32-21(25(30)36)14-10-11-15-29/h17-18,20-24H,6-16,29H2,1-5H3,(H2,30,36)(H,31,35)(H,32,37)(H,33,38)(H,34,39)/t18-,21-,22-,23-,24-/m0/s1. The number of hydrogen-bond acceptors (Lipinski definition) is 6. The summed E-state index contributed by atoms with van der Waals surface area (Å²) >= 11 is 0. The zero-order valence-electron chi connectivity index (χ0n) is 24.5. The largest absolute Gasteiger partial charge is 0.368 e. The maximum absolute atomic E-state index is 13.5. The highest BCUT2D eigenvalue weighted by atomic mass is 16.2. The number of hydrogen-bond donors (Lipinski definition) is 6. The Morgan fingerprint density at radius 3 is 1.90 bits per heavy atom. The first kappa shape index (κ1) is 34.3. The van der Waals surface area contributed by atoms with Gasteiger partial charge in [-0.05, 0) is 50.0 Å². The van der Waals surface area contributed by atoms with Gasteiger partial charge in [0.25, 0.3) is 0 Å². The highest BCUT2D eigenvalue weighted by Gasteiger charge is 2.34. The lowest BCUT2D eigenvalue weighted by Crippen LogP contribution is -2.60. The second-order valence-corrected chi connectivity index (χ2v) is 11.3. The molecule has 0 aromatic heterocycles. The van der Waals surface area contributed by atoms with Crippen molar-refractivity contribution in [2.24, 2.45) is 29.2 Å². The van der Waals surface area contributed by atoms with E-state index in [1.807, 2.05) is 13.8 Å². The van der Waals surface area contributed by atoms with Crippen molar-refractivity contribution in [1.29, 1.82) is 0 Å². The fraction of sp³-hybridized carbons (Fsp3) is 0.821. The fourth-order valence-corrected chi connectivity index (χ4v) is 5.00. The Morgan fingerprint density at radius 2 is 1.38 bits per heavy atom. The van der Waals surface area contributed by atoms with Crippen LogP contribution in [0.2, 0.25) is 0 Å². The van der Waals surface area contributed by atoms with Gasteiger partial charge in [0.05, 0.1) is 0 Å². The molecule has 0 spiro atoms. The molecule has 0 saturated heterocycles. The minimum absolute atomic E-state index is 0.139. The number of unbranched alkanes of at least 4 members (excludes halogenated alkanes) is 1. The van der Waals surface area contributed by atoms with E-state index in [0.29, 0.717) is 38.6 Å². The highest BCUT2D eigenvalue weighted by molar-refractivity contribution is 5.95. The Labute approximate surface area is 233 Å². The van der Waals surface area contributed by atoms with E-state index >= 15 is 0 Å². The molecule has 0 aromatic carbocycles. The van der Waals surface area contributed by atoms with E-state index in [1.54, 1.807) is 13.8 Å². The zero-order valence-corrected chi connectivity index (χ0v) is 24.5. The van der Waals surface area contributed by atoms with Crippen LogP contribution < -0.4 is 32.7 Å². The van der Waals surface area contributed by atoms with E-state index in [2.05, 4.69) is 21.3 Å². The molecule has 11 nitrogen and oxygen atoms in total. The van der Waals surface area contributed by atoms with Crippen LogP contribution in [0, 0.1) is 17.8 Å². The van der Waals surface area contributed by atoms with Crippen molar-refractivity contribution in [3.05, 3.63) is 0 Å². The van der Waals surface area contributed by atoms with Gasteiger partial charge in [-0.3, -0.25) is 24.0 Å². The molecule has 1 saturated carbocycles. The van der Waals surface area contributed by atoms with Gasteiger partial charge in [-0.25, -0.2) is 0 Å². The van der Waals surface area contributed by atoms with E-state index < -0.39 is 47.8 Å². The zero-order chi connectivity index (χ0) is 29.5. The Bertz CT molecular complexity index is 814. The summed E-state index contributed by atoms with van der Waals surface area (Å²) in [7, 11) is 0. The lowest BCUT2D eigenvalue weighted by molar-refractivity contribution is -0.135. The van der Waals surface area contributed by atoms with Crippen LogP contribution in [0.3, 0.4) is 0 Å². The molecule has 5 atom stereocenters. The van der Waals surface area contributed by atoms with Gasteiger partial charge in [0.1, 0.15) is 24.2 Å². The van der Waals surface area contributed by atoms with Gasteiger partial charge >= 0.3 is 0 Å². The maximum atomic E-state index is 13.5. The van der Waals surface area contributed by atoms with Crippen molar-refractivity contribution >= 4 is 29.5 Å². The van der Waals surface area contributed by atoms with E-state index in [9.17, 15) is 24.0 Å². The quantitative estimate of drug-likeness (QED) is 0.147. The number of nitrogens with two attached hydrogens (primary N) is 2. The average molecular weight is 553 g/mol. The minimum Gasteiger partial charge on any atom is -0.368 e. The van der Waals surface area contributed by atoms with Gasteiger partial charge in [0.15, 0.2) is 0 Å². The molecule has 8 N–H and O–H groups in total. The maximum Gasteiger partial charge on any atom is 0.243 e. The highest BCUT2D eigenvalue weighted by Crippen LogP contribution is 2.27. The predicted octanol–water partition coefficient (Wildman–Crippen LogP) is 1.23. The molecule has 11 heteroatoms. The lowest BCUT2D eigenvalue weighted by Gasteiger charge is -2.31. The molecule has 1 aliphatic carbocycles. The second-order valence-electron chi connectivity index (χ2n) is 11.3. The third kappa shape index (κ3) is 12.4. The number of amides is 5. The SMILES string of the molecule is CC[C@H](C)[C@H](NC(C)=O)C(=O)N[C@H](C(=O)N[C@@H](CC1CCCCC1)C(=O)N[C@@H](CCCCN)C(N)=O)C(C)C. The second kappa shape index (κ2) is 17.8. The van der Waals surface area contributed by atoms with Crippen LogP contribution in [-0.2, 0) is 24.0 Å². The summed E-state index contributed by atoms with van der Waals surface area (Å²) in [6, 6.07) is -3.44. The molecule has 1 aliphatic rings. The first-order chi connectivity index (χ1) is 18.4. The topological polar surface area (TPSA) is 186 Å². The van der Waals surface area contributed by atoms with Crippen molar-refractivity contribution in [2.75, 3.05) is 6.54 Å². The molecule has 0 unspecified atom stereocenters. The summed E-state index contributed by atoms with van der Waals surface area (Å²) in [6.45, 7) is 9.21. The number of carbonyl (C=O) groups is 5. The Hall–Kier alpha value is -2.69. The number of nitrogens with one attached hydrogen (secondary N) is 4. The van der Waals surface area contributed by atoms with Crippen molar-refractivity contribution in [2.45, 2.75) is 123 Å². The molecule has 0 aliphatic heterocycles. The van der Waals surface area contributed by atoms with Gasteiger partial charge in [0.2, 0.25) is 29.5 Å². The molecule has 0 heterocycles. The predicted molar refractivity (Wildman–Crippen MR) is 151 cm³/mol. The summed E-state index contributed by atoms with van der Waals surface area (Å²) in [6.07, 6.45) is 8.02. The lowest BCUT2D eigenvalue weighted by atomic mass is 9.84. The molecular formula is C28H52N6O5.